The third-order valence-electron chi connectivity index (χ3n) is 3.21. The van der Waals surface area contributed by atoms with Crippen LogP contribution in [0.25, 0.3) is 10.9 Å². The summed E-state index contributed by atoms with van der Waals surface area (Å²) >= 11 is 3.51. The van der Waals surface area contributed by atoms with Crippen LogP contribution in [-0.2, 0) is 6.42 Å². The van der Waals surface area contributed by atoms with Crippen LogP contribution in [0.1, 0.15) is 30.1 Å². The van der Waals surface area contributed by atoms with E-state index in [0.29, 0.717) is 0 Å². The van der Waals surface area contributed by atoms with Gasteiger partial charge in [0.25, 0.3) is 0 Å². The van der Waals surface area contributed by atoms with Crippen molar-refractivity contribution in [1.82, 2.24) is 4.98 Å². The first-order chi connectivity index (χ1) is 7.25. The fourth-order valence-electron chi connectivity index (χ4n) is 2.47. The Balaban J connectivity index is 0.000000963. The molecule has 0 amide bonds. The van der Waals surface area contributed by atoms with Gasteiger partial charge in [0.1, 0.15) is 0 Å². The first-order valence-electron chi connectivity index (χ1n) is 5.31. The number of hydrogen-bond donors (Lipinski definition) is 2. The molecule has 1 aromatic heterocycles. The van der Waals surface area contributed by atoms with Crippen LogP contribution in [-0.4, -0.2) is 4.98 Å². The van der Waals surface area contributed by atoms with Crippen molar-refractivity contribution in [1.29, 1.82) is 0 Å². The van der Waals surface area contributed by atoms with Gasteiger partial charge in [0.15, 0.2) is 0 Å². The molecule has 16 heavy (non-hydrogen) atoms. The Morgan fingerprint density at radius 3 is 3.00 bits per heavy atom. The number of nitrogens with one attached hydrogen (secondary N) is 1. The molecule has 1 aliphatic carbocycles. The molecule has 3 rings (SSSR count). The highest BCUT2D eigenvalue weighted by Crippen LogP contribution is 2.34. The van der Waals surface area contributed by atoms with Crippen molar-refractivity contribution < 1.29 is 0 Å². The standard InChI is InChI=1S/C12H13BrN2.ClH/c13-7-4-5-11-9(6-7)8-2-1-3-10(14)12(8)15-11;/h4-6,10,15H,1-3,14H2;1H. The van der Waals surface area contributed by atoms with Gasteiger partial charge in [-0.1, -0.05) is 15.9 Å². The summed E-state index contributed by atoms with van der Waals surface area (Å²) in [5.41, 5.74) is 9.98. The van der Waals surface area contributed by atoms with Crippen molar-refractivity contribution in [2.24, 2.45) is 5.73 Å². The van der Waals surface area contributed by atoms with E-state index in [1.807, 2.05) is 0 Å². The lowest BCUT2D eigenvalue weighted by Crippen LogP contribution is -2.16. The van der Waals surface area contributed by atoms with Crippen molar-refractivity contribution in [2.45, 2.75) is 25.3 Å². The molecule has 0 radical (unpaired) electrons. The minimum absolute atomic E-state index is 0. The van der Waals surface area contributed by atoms with E-state index in [9.17, 15) is 0 Å². The number of H-pyrrole nitrogens is 1. The van der Waals surface area contributed by atoms with E-state index in [-0.39, 0.29) is 18.4 Å². The van der Waals surface area contributed by atoms with E-state index in [1.165, 1.54) is 28.6 Å². The zero-order chi connectivity index (χ0) is 10.4. The van der Waals surface area contributed by atoms with E-state index in [0.717, 1.165) is 17.3 Å². The summed E-state index contributed by atoms with van der Waals surface area (Å²) in [5, 5.41) is 1.33. The minimum Gasteiger partial charge on any atom is -0.357 e. The highest BCUT2D eigenvalue weighted by Gasteiger charge is 2.21. The number of fused-ring (bicyclic) bond motifs is 3. The molecule has 0 saturated carbocycles. The van der Waals surface area contributed by atoms with Crippen molar-refractivity contribution >= 4 is 39.2 Å². The van der Waals surface area contributed by atoms with E-state index in [4.69, 9.17) is 5.73 Å². The number of aryl methyl sites for hydroxylation is 1. The van der Waals surface area contributed by atoms with Crippen LogP contribution in [0.2, 0.25) is 0 Å². The number of aromatic nitrogens is 1. The second kappa shape index (κ2) is 4.40. The van der Waals surface area contributed by atoms with Gasteiger partial charge in [0, 0.05) is 27.1 Å². The Bertz CT molecular complexity index is 521. The van der Waals surface area contributed by atoms with E-state index >= 15 is 0 Å². The molecule has 1 heterocycles. The lowest BCUT2D eigenvalue weighted by Gasteiger charge is -2.18. The Hall–Kier alpha value is -0.510. The quantitative estimate of drug-likeness (QED) is 0.765. The van der Waals surface area contributed by atoms with Gasteiger partial charge in [-0.25, -0.2) is 0 Å². The van der Waals surface area contributed by atoms with Crippen molar-refractivity contribution in [3.63, 3.8) is 0 Å². The topological polar surface area (TPSA) is 41.8 Å². The number of halogens is 2. The van der Waals surface area contributed by atoms with Crippen LogP contribution < -0.4 is 5.73 Å². The predicted molar refractivity (Wildman–Crippen MR) is 73.1 cm³/mol. The average Bonchev–Trinajstić information content (AvgIpc) is 2.58. The second-order valence-electron chi connectivity index (χ2n) is 4.21. The van der Waals surface area contributed by atoms with Gasteiger partial charge in [-0.3, -0.25) is 0 Å². The zero-order valence-corrected chi connectivity index (χ0v) is 11.2. The summed E-state index contributed by atoms with van der Waals surface area (Å²) < 4.78 is 1.14. The highest BCUT2D eigenvalue weighted by atomic mass is 79.9. The maximum absolute atomic E-state index is 6.11. The van der Waals surface area contributed by atoms with E-state index in [2.05, 4.69) is 39.1 Å². The third-order valence-corrected chi connectivity index (χ3v) is 3.71. The Morgan fingerprint density at radius 1 is 1.38 bits per heavy atom. The van der Waals surface area contributed by atoms with Crippen LogP contribution in [0.4, 0.5) is 0 Å². The first-order valence-corrected chi connectivity index (χ1v) is 6.10. The lowest BCUT2D eigenvalue weighted by molar-refractivity contribution is 0.562. The molecule has 0 aliphatic heterocycles. The van der Waals surface area contributed by atoms with Gasteiger partial charge < -0.3 is 10.7 Å². The fraction of sp³-hybridized carbons (Fsp3) is 0.333. The highest BCUT2D eigenvalue weighted by molar-refractivity contribution is 9.10. The minimum atomic E-state index is 0. The van der Waals surface area contributed by atoms with Crippen molar-refractivity contribution in [2.75, 3.05) is 0 Å². The van der Waals surface area contributed by atoms with Gasteiger partial charge in [0.2, 0.25) is 0 Å². The van der Waals surface area contributed by atoms with Gasteiger partial charge in [-0.15, -0.1) is 12.4 Å². The molecule has 3 N–H and O–H groups in total. The van der Waals surface area contributed by atoms with Gasteiger partial charge in [-0.05, 0) is 43.0 Å². The number of aromatic amines is 1. The third kappa shape index (κ3) is 1.77. The van der Waals surface area contributed by atoms with E-state index < -0.39 is 0 Å². The summed E-state index contributed by atoms with van der Waals surface area (Å²) in [5.74, 6) is 0. The SMILES string of the molecule is Cl.NC1CCCc2c1[nH]c1ccc(Br)cc21. The molecule has 0 bridgehead atoms. The molecule has 4 heteroatoms. The maximum Gasteiger partial charge on any atom is 0.0460 e. The van der Waals surface area contributed by atoms with Crippen LogP contribution in [0.15, 0.2) is 22.7 Å². The number of rotatable bonds is 0. The molecule has 1 atom stereocenters. The van der Waals surface area contributed by atoms with Crippen molar-refractivity contribution in [3.8, 4) is 0 Å². The van der Waals surface area contributed by atoms with Crippen LogP contribution in [0.5, 0.6) is 0 Å². The first kappa shape index (κ1) is 12.0. The second-order valence-corrected chi connectivity index (χ2v) is 5.12. The Morgan fingerprint density at radius 2 is 2.19 bits per heavy atom. The smallest absolute Gasteiger partial charge is 0.0460 e. The monoisotopic (exact) mass is 300 g/mol. The molecule has 2 nitrogen and oxygen atoms in total. The average molecular weight is 302 g/mol. The van der Waals surface area contributed by atoms with Gasteiger partial charge in [-0.2, -0.15) is 0 Å². The van der Waals surface area contributed by atoms with Crippen LogP contribution >= 0.6 is 28.3 Å². The lowest BCUT2D eigenvalue weighted by atomic mass is 9.92. The largest absolute Gasteiger partial charge is 0.357 e. The van der Waals surface area contributed by atoms with Crippen LogP contribution in [0.3, 0.4) is 0 Å². The van der Waals surface area contributed by atoms with Gasteiger partial charge >= 0.3 is 0 Å². The summed E-state index contributed by atoms with van der Waals surface area (Å²) in [6, 6.07) is 6.56. The zero-order valence-electron chi connectivity index (χ0n) is 8.79. The summed E-state index contributed by atoms with van der Waals surface area (Å²) in [4.78, 5) is 3.45. The molecule has 0 saturated heterocycles. The van der Waals surface area contributed by atoms with E-state index in [1.54, 1.807) is 0 Å². The normalized spacial score (nSPS) is 19.2. The molecule has 0 spiro atoms. The number of benzene rings is 1. The molecule has 1 aromatic carbocycles. The molecular weight excluding hydrogens is 288 g/mol. The van der Waals surface area contributed by atoms with Crippen LogP contribution in [0, 0.1) is 0 Å². The Labute approximate surface area is 109 Å². The fourth-order valence-corrected chi connectivity index (χ4v) is 2.83. The molecule has 1 aliphatic rings. The Kier molecular flexibility index (Phi) is 3.29. The molecule has 0 fully saturated rings. The van der Waals surface area contributed by atoms with Crippen molar-refractivity contribution in [3.05, 3.63) is 33.9 Å². The molecule has 1 unspecified atom stereocenters. The molecule has 86 valence electrons. The summed E-state index contributed by atoms with van der Waals surface area (Å²) in [6.45, 7) is 0. The molecular formula is C12H14BrClN2. The number of hydrogen-bond acceptors (Lipinski definition) is 1. The van der Waals surface area contributed by atoms with Gasteiger partial charge in [0.05, 0.1) is 0 Å². The molecule has 2 aromatic rings. The summed E-state index contributed by atoms with van der Waals surface area (Å²) in [7, 11) is 0. The summed E-state index contributed by atoms with van der Waals surface area (Å²) in [6.07, 6.45) is 3.45. The predicted octanol–water partition coefficient (Wildman–Crippen LogP) is 3.69. The number of nitrogens with two attached hydrogens (primary N) is 1. The maximum atomic E-state index is 6.11.